The van der Waals surface area contributed by atoms with E-state index in [2.05, 4.69) is 10.3 Å². The molecule has 114 valence electrons. The standard InChI is InChI=1S/C12H17N5O4/c1-10-13-2-3-15(10)9-16-8-12(20-4-5-21-12)7-14-11(16)6-17(18)19/h2-3,6,14H,4-5,7-9H2,1H3/b11-6+. The summed E-state index contributed by atoms with van der Waals surface area (Å²) in [6.45, 7) is 4.21. The van der Waals surface area contributed by atoms with Crippen molar-refractivity contribution in [2.24, 2.45) is 0 Å². The van der Waals surface area contributed by atoms with Crippen LogP contribution < -0.4 is 5.32 Å². The van der Waals surface area contributed by atoms with E-state index in [0.717, 1.165) is 12.0 Å². The second-order valence-electron chi connectivity index (χ2n) is 5.04. The van der Waals surface area contributed by atoms with E-state index in [4.69, 9.17) is 9.47 Å². The van der Waals surface area contributed by atoms with Crippen molar-refractivity contribution in [3.05, 3.63) is 40.4 Å². The van der Waals surface area contributed by atoms with Crippen LogP contribution in [0.25, 0.3) is 0 Å². The Bertz CT molecular complexity index is 564. The molecule has 2 aliphatic heterocycles. The molecule has 1 aromatic heterocycles. The fourth-order valence-corrected chi connectivity index (χ4v) is 2.55. The second-order valence-corrected chi connectivity index (χ2v) is 5.04. The summed E-state index contributed by atoms with van der Waals surface area (Å²) in [4.78, 5) is 16.3. The maximum atomic E-state index is 10.8. The molecule has 1 spiro atoms. The van der Waals surface area contributed by atoms with E-state index < -0.39 is 10.7 Å². The van der Waals surface area contributed by atoms with Gasteiger partial charge in [0.2, 0.25) is 5.79 Å². The third kappa shape index (κ3) is 2.83. The van der Waals surface area contributed by atoms with Gasteiger partial charge in [0.1, 0.15) is 5.82 Å². The molecule has 0 bridgehead atoms. The van der Waals surface area contributed by atoms with Crippen LogP contribution in [0.3, 0.4) is 0 Å². The third-order valence-electron chi connectivity index (χ3n) is 3.60. The largest absolute Gasteiger partial charge is 0.361 e. The van der Waals surface area contributed by atoms with Gasteiger partial charge in [-0.05, 0) is 6.92 Å². The summed E-state index contributed by atoms with van der Waals surface area (Å²) in [6, 6.07) is 0. The second kappa shape index (κ2) is 5.34. The minimum absolute atomic E-state index is 0.395. The topological polar surface area (TPSA) is 94.7 Å². The molecule has 2 aliphatic rings. The number of imidazole rings is 1. The molecule has 21 heavy (non-hydrogen) atoms. The third-order valence-corrected chi connectivity index (χ3v) is 3.60. The smallest absolute Gasteiger partial charge is 0.274 e. The number of hydrogen-bond acceptors (Lipinski definition) is 7. The van der Waals surface area contributed by atoms with Gasteiger partial charge in [-0.3, -0.25) is 10.1 Å². The SMILES string of the molecule is Cc1nccn1CN1CC2(CN/C1=C\[N+](=O)[O-])OCCO2. The lowest BCUT2D eigenvalue weighted by Gasteiger charge is -2.41. The van der Waals surface area contributed by atoms with Crippen molar-refractivity contribution in [2.45, 2.75) is 19.4 Å². The Kier molecular flexibility index (Phi) is 3.52. The first-order valence-electron chi connectivity index (χ1n) is 6.68. The van der Waals surface area contributed by atoms with Crippen molar-refractivity contribution in [1.29, 1.82) is 0 Å². The van der Waals surface area contributed by atoms with Crippen molar-refractivity contribution >= 4 is 0 Å². The number of nitrogens with one attached hydrogen (secondary N) is 1. The molecule has 2 fully saturated rings. The van der Waals surface area contributed by atoms with Crippen LogP contribution in [0.5, 0.6) is 0 Å². The molecule has 3 heterocycles. The zero-order chi connectivity index (χ0) is 14.9. The number of nitro groups is 1. The van der Waals surface area contributed by atoms with Gasteiger partial charge in [0.15, 0.2) is 5.82 Å². The lowest BCUT2D eigenvalue weighted by molar-refractivity contribution is -0.405. The van der Waals surface area contributed by atoms with E-state index in [0.29, 0.717) is 38.8 Å². The van der Waals surface area contributed by atoms with Gasteiger partial charge in [0, 0.05) is 12.4 Å². The van der Waals surface area contributed by atoms with Gasteiger partial charge in [-0.2, -0.15) is 0 Å². The van der Waals surface area contributed by atoms with Crippen LogP contribution >= 0.6 is 0 Å². The number of aryl methyl sites for hydroxylation is 1. The Balaban J connectivity index is 1.82. The Morgan fingerprint density at radius 3 is 2.95 bits per heavy atom. The predicted molar refractivity (Wildman–Crippen MR) is 71.4 cm³/mol. The van der Waals surface area contributed by atoms with Crippen molar-refractivity contribution in [3.8, 4) is 0 Å². The molecule has 1 aromatic rings. The number of ether oxygens (including phenoxy) is 2. The summed E-state index contributed by atoms with van der Waals surface area (Å²) >= 11 is 0. The lowest BCUT2D eigenvalue weighted by atomic mass is 10.2. The van der Waals surface area contributed by atoms with Crippen molar-refractivity contribution in [3.63, 3.8) is 0 Å². The molecule has 0 unspecified atom stereocenters. The van der Waals surface area contributed by atoms with Gasteiger partial charge in [-0.1, -0.05) is 0 Å². The highest BCUT2D eigenvalue weighted by molar-refractivity contribution is 5.04. The molecule has 0 aromatic carbocycles. The van der Waals surface area contributed by atoms with E-state index in [1.54, 1.807) is 6.20 Å². The number of hydrogen-bond donors (Lipinski definition) is 1. The van der Waals surface area contributed by atoms with Gasteiger partial charge >= 0.3 is 0 Å². The van der Waals surface area contributed by atoms with Crippen molar-refractivity contribution < 1.29 is 14.4 Å². The molecule has 0 saturated carbocycles. The van der Waals surface area contributed by atoms with Crippen molar-refractivity contribution in [1.82, 2.24) is 19.8 Å². The summed E-state index contributed by atoms with van der Waals surface area (Å²) < 4.78 is 13.2. The zero-order valence-electron chi connectivity index (χ0n) is 11.7. The molecule has 9 nitrogen and oxygen atoms in total. The van der Waals surface area contributed by atoms with Crippen LogP contribution in [0.15, 0.2) is 24.4 Å². The molecule has 0 radical (unpaired) electrons. The highest BCUT2D eigenvalue weighted by atomic mass is 16.7. The first kappa shape index (κ1) is 13.8. The van der Waals surface area contributed by atoms with E-state index in [1.807, 2.05) is 22.6 Å². The lowest BCUT2D eigenvalue weighted by Crippen LogP contribution is -2.57. The Morgan fingerprint density at radius 2 is 2.33 bits per heavy atom. The van der Waals surface area contributed by atoms with Crippen LogP contribution in [-0.2, 0) is 16.1 Å². The molecule has 0 aliphatic carbocycles. The van der Waals surface area contributed by atoms with E-state index in [1.165, 1.54) is 0 Å². The normalized spacial score (nSPS) is 22.7. The van der Waals surface area contributed by atoms with Crippen LogP contribution in [0.1, 0.15) is 5.82 Å². The fraction of sp³-hybridized carbons (Fsp3) is 0.583. The van der Waals surface area contributed by atoms with Gasteiger partial charge in [-0.15, -0.1) is 0 Å². The molecule has 1 N–H and O–H groups in total. The summed E-state index contributed by atoms with van der Waals surface area (Å²) in [5.74, 6) is 0.545. The average molecular weight is 295 g/mol. The maximum Gasteiger partial charge on any atom is 0.274 e. The quantitative estimate of drug-likeness (QED) is 0.613. The summed E-state index contributed by atoms with van der Waals surface area (Å²) in [7, 11) is 0. The average Bonchev–Trinajstić information content (AvgIpc) is 3.04. The Hall–Kier alpha value is -2.13. The van der Waals surface area contributed by atoms with E-state index in [-0.39, 0.29) is 0 Å². The molecule has 2 saturated heterocycles. The number of nitrogens with zero attached hydrogens (tertiary/aromatic N) is 4. The molecular weight excluding hydrogens is 278 g/mol. The molecular formula is C12H17N5O4. The van der Waals surface area contributed by atoms with Crippen LogP contribution in [-0.4, -0.2) is 51.5 Å². The van der Waals surface area contributed by atoms with Crippen LogP contribution in [0.2, 0.25) is 0 Å². The monoisotopic (exact) mass is 295 g/mol. The van der Waals surface area contributed by atoms with Gasteiger partial charge < -0.3 is 24.3 Å². The van der Waals surface area contributed by atoms with Gasteiger partial charge in [0.05, 0.1) is 37.9 Å². The minimum Gasteiger partial charge on any atom is -0.361 e. The fourth-order valence-electron chi connectivity index (χ4n) is 2.55. The van der Waals surface area contributed by atoms with Crippen molar-refractivity contribution in [2.75, 3.05) is 26.3 Å². The number of aromatic nitrogens is 2. The minimum atomic E-state index is -0.734. The maximum absolute atomic E-state index is 10.8. The molecule has 9 heteroatoms. The first-order valence-corrected chi connectivity index (χ1v) is 6.68. The van der Waals surface area contributed by atoms with Crippen LogP contribution in [0, 0.1) is 17.0 Å². The zero-order valence-corrected chi connectivity index (χ0v) is 11.7. The summed E-state index contributed by atoms with van der Waals surface area (Å²) in [6.07, 6.45) is 4.49. The highest BCUT2D eigenvalue weighted by Crippen LogP contribution is 2.26. The number of rotatable bonds is 3. The molecule has 3 rings (SSSR count). The van der Waals surface area contributed by atoms with Gasteiger partial charge in [-0.25, -0.2) is 4.98 Å². The van der Waals surface area contributed by atoms with Gasteiger partial charge in [0.25, 0.3) is 6.20 Å². The molecule has 0 amide bonds. The predicted octanol–water partition coefficient (Wildman–Crippen LogP) is -0.127. The van der Waals surface area contributed by atoms with Crippen LogP contribution in [0.4, 0.5) is 0 Å². The highest BCUT2D eigenvalue weighted by Gasteiger charge is 2.43. The first-order chi connectivity index (χ1) is 10.1. The van der Waals surface area contributed by atoms with E-state index in [9.17, 15) is 10.1 Å². The summed E-state index contributed by atoms with van der Waals surface area (Å²) in [5, 5.41) is 13.8. The summed E-state index contributed by atoms with van der Waals surface area (Å²) in [5.41, 5.74) is 0. The Labute approximate surface area is 121 Å². The molecule has 0 atom stereocenters. The Morgan fingerprint density at radius 1 is 1.57 bits per heavy atom. The van der Waals surface area contributed by atoms with E-state index >= 15 is 0 Å².